The summed E-state index contributed by atoms with van der Waals surface area (Å²) in [6.07, 6.45) is 1.24. The maximum absolute atomic E-state index is 12.3. The molecule has 5 heteroatoms. The number of hydrogen-bond acceptors (Lipinski definition) is 4. The molecule has 22 heavy (non-hydrogen) atoms. The number of carbonyl (C=O) groups excluding carboxylic acids is 1. The van der Waals surface area contributed by atoms with Gasteiger partial charge in [-0.05, 0) is 30.4 Å². The van der Waals surface area contributed by atoms with Gasteiger partial charge in [-0.1, -0.05) is 13.8 Å². The molecule has 0 unspecified atom stereocenters. The SMILES string of the molecule is COc1ccc(OC)c(NC(=O)CN2C[C@H](C)C[C@H](C)C2)c1. The summed E-state index contributed by atoms with van der Waals surface area (Å²) < 4.78 is 10.5. The second-order valence-corrected chi connectivity index (χ2v) is 6.25. The molecule has 1 saturated heterocycles. The average Bonchev–Trinajstić information content (AvgIpc) is 2.45. The van der Waals surface area contributed by atoms with Crippen molar-refractivity contribution >= 4 is 11.6 Å². The van der Waals surface area contributed by atoms with Gasteiger partial charge in [0.25, 0.3) is 0 Å². The lowest BCUT2D eigenvalue weighted by Crippen LogP contribution is -2.42. The van der Waals surface area contributed by atoms with Gasteiger partial charge in [-0.2, -0.15) is 0 Å². The van der Waals surface area contributed by atoms with E-state index in [9.17, 15) is 4.79 Å². The molecule has 122 valence electrons. The molecule has 0 aromatic heterocycles. The van der Waals surface area contributed by atoms with Crippen LogP contribution in [0.3, 0.4) is 0 Å². The van der Waals surface area contributed by atoms with Gasteiger partial charge < -0.3 is 14.8 Å². The molecule has 5 nitrogen and oxygen atoms in total. The van der Waals surface area contributed by atoms with E-state index in [1.54, 1.807) is 26.4 Å². The highest BCUT2D eigenvalue weighted by molar-refractivity contribution is 5.94. The van der Waals surface area contributed by atoms with E-state index < -0.39 is 0 Å². The van der Waals surface area contributed by atoms with Gasteiger partial charge in [0.05, 0.1) is 26.5 Å². The quantitative estimate of drug-likeness (QED) is 0.908. The Labute approximate surface area is 132 Å². The highest BCUT2D eigenvalue weighted by Crippen LogP contribution is 2.29. The molecule has 0 radical (unpaired) electrons. The van der Waals surface area contributed by atoms with E-state index in [0.717, 1.165) is 13.1 Å². The van der Waals surface area contributed by atoms with Gasteiger partial charge in [0.2, 0.25) is 5.91 Å². The minimum atomic E-state index is -0.0205. The Morgan fingerprint density at radius 2 is 1.91 bits per heavy atom. The number of rotatable bonds is 5. The fourth-order valence-corrected chi connectivity index (χ4v) is 3.23. The number of nitrogens with one attached hydrogen (secondary N) is 1. The fraction of sp³-hybridized carbons (Fsp3) is 0.588. The van der Waals surface area contributed by atoms with Crippen LogP contribution < -0.4 is 14.8 Å². The average molecular weight is 306 g/mol. The van der Waals surface area contributed by atoms with E-state index in [4.69, 9.17) is 9.47 Å². The molecule has 2 rings (SSSR count). The lowest BCUT2D eigenvalue weighted by atomic mass is 9.92. The van der Waals surface area contributed by atoms with Crippen LogP contribution in [0.5, 0.6) is 11.5 Å². The van der Waals surface area contributed by atoms with Crippen molar-refractivity contribution in [3.05, 3.63) is 18.2 Å². The Balaban J connectivity index is 1.99. The van der Waals surface area contributed by atoms with Crippen LogP contribution >= 0.6 is 0 Å². The molecule has 1 N–H and O–H groups in total. The first-order chi connectivity index (χ1) is 10.5. The number of likely N-dealkylation sites (tertiary alicyclic amines) is 1. The van der Waals surface area contributed by atoms with E-state index in [1.165, 1.54) is 6.42 Å². The van der Waals surface area contributed by atoms with Crippen LogP contribution in [0.2, 0.25) is 0 Å². The molecular formula is C17H26N2O3. The van der Waals surface area contributed by atoms with Crippen molar-refractivity contribution in [2.24, 2.45) is 11.8 Å². The predicted octanol–water partition coefficient (Wildman–Crippen LogP) is 2.62. The maximum atomic E-state index is 12.3. The standard InChI is InChI=1S/C17H26N2O3/c1-12-7-13(2)10-19(9-12)11-17(20)18-15-8-14(21-3)5-6-16(15)22-4/h5-6,8,12-13H,7,9-11H2,1-4H3,(H,18,20)/t12-,13+. The van der Waals surface area contributed by atoms with Crippen LogP contribution in [0, 0.1) is 11.8 Å². The molecule has 0 saturated carbocycles. The number of piperidine rings is 1. The summed E-state index contributed by atoms with van der Waals surface area (Å²) in [5.41, 5.74) is 0.643. The number of benzene rings is 1. The lowest BCUT2D eigenvalue weighted by Gasteiger charge is -2.34. The normalized spacial score (nSPS) is 22.2. The molecule has 1 heterocycles. The molecule has 0 aliphatic carbocycles. The van der Waals surface area contributed by atoms with Crippen LogP contribution in [-0.4, -0.2) is 44.7 Å². The van der Waals surface area contributed by atoms with Crippen molar-refractivity contribution in [2.75, 3.05) is 39.2 Å². The summed E-state index contributed by atoms with van der Waals surface area (Å²) in [5.74, 6) is 2.59. The van der Waals surface area contributed by atoms with Gasteiger partial charge in [-0.15, -0.1) is 0 Å². The monoisotopic (exact) mass is 306 g/mol. The summed E-state index contributed by atoms with van der Waals surface area (Å²) >= 11 is 0. The predicted molar refractivity (Wildman–Crippen MR) is 87.6 cm³/mol. The number of nitrogens with zero attached hydrogens (tertiary/aromatic N) is 1. The van der Waals surface area contributed by atoms with Crippen molar-refractivity contribution in [1.82, 2.24) is 4.90 Å². The molecular weight excluding hydrogens is 280 g/mol. The third-order valence-corrected chi connectivity index (χ3v) is 3.99. The molecule has 1 aliphatic rings. The first-order valence-electron chi connectivity index (χ1n) is 7.76. The topological polar surface area (TPSA) is 50.8 Å². The number of amides is 1. The van der Waals surface area contributed by atoms with Crippen LogP contribution in [-0.2, 0) is 4.79 Å². The van der Waals surface area contributed by atoms with Crippen molar-refractivity contribution < 1.29 is 14.3 Å². The maximum Gasteiger partial charge on any atom is 0.238 e. The largest absolute Gasteiger partial charge is 0.497 e. The summed E-state index contributed by atoms with van der Waals surface area (Å²) in [6, 6.07) is 5.38. The Morgan fingerprint density at radius 1 is 1.23 bits per heavy atom. The second kappa shape index (κ2) is 7.49. The summed E-state index contributed by atoms with van der Waals surface area (Å²) in [4.78, 5) is 14.5. The Kier molecular flexibility index (Phi) is 5.66. The zero-order valence-electron chi connectivity index (χ0n) is 13.9. The summed E-state index contributed by atoms with van der Waals surface area (Å²) in [5, 5.41) is 2.93. The van der Waals surface area contributed by atoms with E-state index in [2.05, 4.69) is 24.1 Å². The van der Waals surface area contributed by atoms with Crippen molar-refractivity contribution in [3.63, 3.8) is 0 Å². The van der Waals surface area contributed by atoms with Gasteiger partial charge in [-0.25, -0.2) is 0 Å². The van der Waals surface area contributed by atoms with E-state index in [-0.39, 0.29) is 5.91 Å². The number of carbonyl (C=O) groups is 1. The number of ether oxygens (including phenoxy) is 2. The first kappa shape index (κ1) is 16.6. The van der Waals surface area contributed by atoms with E-state index >= 15 is 0 Å². The zero-order valence-corrected chi connectivity index (χ0v) is 13.9. The Bertz CT molecular complexity index is 509. The summed E-state index contributed by atoms with van der Waals surface area (Å²) in [7, 11) is 3.19. The van der Waals surface area contributed by atoms with Gasteiger partial charge in [0.15, 0.2) is 0 Å². The molecule has 0 spiro atoms. The van der Waals surface area contributed by atoms with Crippen LogP contribution in [0.4, 0.5) is 5.69 Å². The van der Waals surface area contributed by atoms with Crippen molar-refractivity contribution in [2.45, 2.75) is 20.3 Å². The van der Waals surface area contributed by atoms with Crippen molar-refractivity contribution in [1.29, 1.82) is 0 Å². The van der Waals surface area contributed by atoms with E-state index in [0.29, 0.717) is 35.6 Å². The zero-order chi connectivity index (χ0) is 16.1. The van der Waals surface area contributed by atoms with E-state index in [1.807, 2.05) is 6.07 Å². The summed E-state index contributed by atoms with van der Waals surface area (Å²) in [6.45, 7) is 6.85. The highest BCUT2D eigenvalue weighted by atomic mass is 16.5. The number of methoxy groups -OCH3 is 2. The van der Waals surface area contributed by atoms with Gasteiger partial charge in [0.1, 0.15) is 11.5 Å². The number of anilines is 1. The lowest BCUT2D eigenvalue weighted by molar-refractivity contribution is -0.117. The van der Waals surface area contributed by atoms with Crippen molar-refractivity contribution in [3.8, 4) is 11.5 Å². The first-order valence-corrected chi connectivity index (χ1v) is 7.76. The molecule has 0 bridgehead atoms. The van der Waals surface area contributed by atoms with Crippen LogP contribution in [0.25, 0.3) is 0 Å². The Morgan fingerprint density at radius 3 is 2.50 bits per heavy atom. The number of hydrogen-bond donors (Lipinski definition) is 1. The molecule has 1 aromatic rings. The third kappa shape index (κ3) is 4.37. The smallest absolute Gasteiger partial charge is 0.238 e. The van der Waals surface area contributed by atoms with Crippen LogP contribution in [0.15, 0.2) is 18.2 Å². The Hall–Kier alpha value is -1.75. The minimum absolute atomic E-state index is 0.0205. The minimum Gasteiger partial charge on any atom is -0.497 e. The van der Waals surface area contributed by atoms with Crippen LogP contribution in [0.1, 0.15) is 20.3 Å². The molecule has 1 amide bonds. The molecule has 2 atom stereocenters. The van der Waals surface area contributed by atoms with Gasteiger partial charge >= 0.3 is 0 Å². The highest BCUT2D eigenvalue weighted by Gasteiger charge is 2.23. The second-order valence-electron chi connectivity index (χ2n) is 6.25. The third-order valence-electron chi connectivity index (χ3n) is 3.99. The molecule has 1 aromatic carbocycles. The molecule has 1 fully saturated rings. The molecule has 1 aliphatic heterocycles. The van der Waals surface area contributed by atoms with Gasteiger partial charge in [-0.3, -0.25) is 9.69 Å². The fourth-order valence-electron chi connectivity index (χ4n) is 3.23. The van der Waals surface area contributed by atoms with Gasteiger partial charge in [0, 0.05) is 19.2 Å².